The Balaban J connectivity index is 2.90. The Hall–Kier alpha value is -1.63. The minimum absolute atomic E-state index is 0.349. The molecule has 0 radical (unpaired) electrons. The number of hydrogen-bond acceptors (Lipinski definition) is 5. The molecule has 0 fully saturated rings. The lowest BCUT2D eigenvalue weighted by Gasteiger charge is -2.28. The van der Waals surface area contributed by atoms with Crippen LogP contribution >= 0.6 is 0 Å². The Bertz CT molecular complexity index is 422. The van der Waals surface area contributed by atoms with Crippen LogP contribution in [0.25, 0.3) is 0 Å². The molecule has 18 heavy (non-hydrogen) atoms. The molecule has 0 atom stereocenters. The topological polar surface area (TPSA) is 116 Å². The molecule has 0 bridgehead atoms. The van der Waals surface area contributed by atoms with Gasteiger partial charge in [-0.2, -0.15) is 0 Å². The van der Waals surface area contributed by atoms with E-state index in [1.165, 1.54) is 6.07 Å². The normalized spacial score (nSPS) is 11.3. The van der Waals surface area contributed by atoms with Crippen LogP contribution in [-0.4, -0.2) is 46.6 Å². The van der Waals surface area contributed by atoms with E-state index >= 15 is 0 Å². The number of benzene rings is 1. The van der Waals surface area contributed by atoms with E-state index in [0.717, 1.165) is 5.56 Å². The largest absolute Gasteiger partial charge is 0.399 e. The summed E-state index contributed by atoms with van der Waals surface area (Å²) in [5.74, 6) is -0.491. The number of aliphatic hydroxyl groups excluding tert-OH is 3. The molecule has 0 aliphatic heterocycles. The van der Waals surface area contributed by atoms with Crippen molar-refractivity contribution in [1.29, 1.82) is 0 Å². The van der Waals surface area contributed by atoms with Crippen molar-refractivity contribution < 1.29 is 20.1 Å². The van der Waals surface area contributed by atoms with Gasteiger partial charge in [-0.15, -0.1) is 0 Å². The number of aryl methyl sites for hydroxylation is 1. The highest BCUT2D eigenvalue weighted by atomic mass is 16.3. The van der Waals surface area contributed by atoms with E-state index in [1.54, 1.807) is 19.1 Å². The van der Waals surface area contributed by atoms with Crippen molar-refractivity contribution in [2.24, 2.45) is 0 Å². The molecule has 6 heteroatoms. The fraction of sp³-hybridized carbons (Fsp3) is 0.417. The lowest BCUT2D eigenvalue weighted by Crippen LogP contribution is -2.57. The highest BCUT2D eigenvalue weighted by Gasteiger charge is 2.30. The van der Waals surface area contributed by atoms with E-state index in [2.05, 4.69) is 5.32 Å². The lowest BCUT2D eigenvalue weighted by molar-refractivity contribution is 0.0375. The maximum absolute atomic E-state index is 11.9. The first-order chi connectivity index (χ1) is 8.48. The lowest BCUT2D eigenvalue weighted by atomic mass is 10.0. The van der Waals surface area contributed by atoms with Crippen LogP contribution in [0, 0.1) is 6.92 Å². The molecule has 1 aromatic carbocycles. The zero-order chi connectivity index (χ0) is 13.8. The predicted molar refractivity (Wildman–Crippen MR) is 67.0 cm³/mol. The minimum atomic E-state index is -1.42. The average Bonchev–Trinajstić information content (AvgIpc) is 2.39. The first kappa shape index (κ1) is 14.4. The van der Waals surface area contributed by atoms with Gasteiger partial charge in [0, 0.05) is 11.3 Å². The molecule has 0 spiro atoms. The molecule has 0 saturated carbocycles. The molecule has 6 N–H and O–H groups in total. The van der Waals surface area contributed by atoms with E-state index in [0.29, 0.717) is 11.3 Å². The summed E-state index contributed by atoms with van der Waals surface area (Å²) in [6.45, 7) is 0.0998. The molecule has 0 unspecified atom stereocenters. The second-order valence-electron chi connectivity index (χ2n) is 4.28. The summed E-state index contributed by atoms with van der Waals surface area (Å²) >= 11 is 0. The van der Waals surface area contributed by atoms with Crippen LogP contribution in [0.15, 0.2) is 18.2 Å². The van der Waals surface area contributed by atoms with Crippen LogP contribution in [0.3, 0.4) is 0 Å². The molecule has 0 heterocycles. The molecule has 1 amide bonds. The number of carbonyl (C=O) groups is 1. The van der Waals surface area contributed by atoms with Crippen molar-refractivity contribution in [1.82, 2.24) is 5.32 Å². The fourth-order valence-corrected chi connectivity index (χ4v) is 1.40. The van der Waals surface area contributed by atoms with Gasteiger partial charge in [0.2, 0.25) is 0 Å². The van der Waals surface area contributed by atoms with Gasteiger partial charge in [0.05, 0.1) is 19.8 Å². The van der Waals surface area contributed by atoms with Gasteiger partial charge < -0.3 is 26.4 Å². The number of carbonyl (C=O) groups excluding carboxylic acids is 1. The molecule has 0 aliphatic carbocycles. The van der Waals surface area contributed by atoms with Crippen LogP contribution < -0.4 is 11.1 Å². The molecule has 1 rings (SSSR count). The van der Waals surface area contributed by atoms with E-state index in [4.69, 9.17) is 21.1 Å². The van der Waals surface area contributed by atoms with Crippen molar-refractivity contribution in [3.05, 3.63) is 29.3 Å². The van der Waals surface area contributed by atoms with Crippen LogP contribution in [0.5, 0.6) is 0 Å². The van der Waals surface area contributed by atoms with Gasteiger partial charge in [0.15, 0.2) is 0 Å². The minimum Gasteiger partial charge on any atom is -0.399 e. The monoisotopic (exact) mass is 254 g/mol. The highest BCUT2D eigenvalue weighted by molar-refractivity contribution is 5.95. The molecule has 0 aliphatic rings. The van der Waals surface area contributed by atoms with Gasteiger partial charge in [-0.25, -0.2) is 0 Å². The number of nitrogen functional groups attached to an aromatic ring is 1. The van der Waals surface area contributed by atoms with Crippen molar-refractivity contribution in [2.75, 3.05) is 25.6 Å². The number of anilines is 1. The van der Waals surface area contributed by atoms with Gasteiger partial charge in [0.1, 0.15) is 5.54 Å². The van der Waals surface area contributed by atoms with E-state index in [1.807, 2.05) is 0 Å². The zero-order valence-corrected chi connectivity index (χ0v) is 10.2. The van der Waals surface area contributed by atoms with E-state index < -0.39 is 31.3 Å². The summed E-state index contributed by atoms with van der Waals surface area (Å²) in [4.78, 5) is 11.9. The molecule has 0 aromatic heterocycles. The third kappa shape index (κ3) is 2.98. The third-order valence-corrected chi connectivity index (χ3v) is 2.82. The fourth-order valence-electron chi connectivity index (χ4n) is 1.40. The summed E-state index contributed by atoms with van der Waals surface area (Å²) in [6, 6.07) is 4.73. The van der Waals surface area contributed by atoms with Gasteiger partial charge in [-0.3, -0.25) is 4.79 Å². The van der Waals surface area contributed by atoms with Crippen LogP contribution in [-0.2, 0) is 0 Å². The number of rotatable bonds is 5. The first-order valence-electron chi connectivity index (χ1n) is 5.49. The first-order valence-corrected chi connectivity index (χ1v) is 5.49. The van der Waals surface area contributed by atoms with Gasteiger partial charge >= 0.3 is 0 Å². The highest BCUT2D eigenvalue weighted by Crippen LogP contribution is 2.13. The molecular weight excluding hydrogens is 236 g/mol. The molecule has 100 valence electrons. The molecule has 1 aromatic rings. The smallest absolute Gasteiger partial charge is 0.251 e. The molecule has 0 saturated heterocycles. The Morgan fingerprint density at radius 2 is 1.83 bits per heavy atom. The van der Waals surface area contributed by atoms with Crippen molar-refractivity contribution in [3.8, 4) is 0 Å². The van der Waals surface area contributed by atoms with Gasteiger partial charge in [-0.1, -0.05) is 0 Å². The summed E-state index contributed by atoms with van der Waals surface area (Å²) in [5, 5.41) is 29.8. The number of nitrogens with one attached hydrogen (secondary N) is 1. The number of aliphatic hydroxyl groups is 3. The predicted octanol–water partition coefficient (Wildman–Crippen LogP) is -0.977. The van der Waals surface area contributed by atoms with Gasteiger partial charge in [0.25, 0.3) is 5.91 Å². The van der Waals surface area contributed by atoms with Crippen molar-refractivity contribution in [3.63, 3.8) is 0 Å². The average molecular weight is 254 g/mol. The summed E-state index contributed by atoms with van der Waals surface area (Å²) in [6.07, 6.45) is 0. The maximum Gasteiger partial charge on any atom is 0.251 e. The van der Waals surface area contributed by atoms with E-state index in [9.17, 15) is 4.79 Å². The van der Waals surface area contributed by atoms with Gasteiger partial charge in [-0.05, 0) is 30.7 Å². The van der Waals surface area contributed by atoms with E-state index in [-0.39, 0.29) is 0 Å². The Morgan fingerprint density at radius 3 is 2.28 bits per heavy atom. The van der Waals surface area contributed by atoms with Crippen LogP contribution in [0.1, 0.15) is 15.9 Å². The second kappa shape index (κ2) is 5.81. The quantitative estimate of drug-likeness (QED) is 0.433. The second-order valence-corrected chi connectivity index (χ2v) is 4.28. The summed E-state index contributed by atoms with van der Waals surface area (Å²) in [7, 11) is 0. The van der Waals surface area contributed by atoms with Crippen molar-refractivity contribution >= 4 is 11.6 Å². The Kier molecular flexibility index (Phi) is 4.66. The summed E-state index contributed by atoms with van der Waals surface area (Å²) < 4.78 is 0. The van der Waals surface area contributed by atoms with Crippen LogP contribution in [0.2, 0.25) is 0 Å². The van der Waals surface area contributed by atoms with Crippen LogP contribution in [0.4, 0.5) is 5.69 Å². The van der Waals surface area contributed by atoms with Crippen molar-refractivity contribution in [2.45, 2.75) is 12.5 Å². The SMILES string of the molecule is Cc1cc(C(=O)NC(CO)(CO)CO)ccc1N. The number of amides is 1. The Morgan fingerprint density at radius 1 is 1.28 bits per heavy atom. The standard InChI is InChI=1S/C12H18N2O4/c1-8-4-9(2-3-10(8)13)11(18)14-12(5-15,6-16)7-17/h2-4,15-17H,5-7,13H2,1H3,(H,14,18). The Labute approximate surface area is 105 Å². The molecule has 6 nitrogen and oxygen atoms in total. The summed E-state index contributed by atoms with van der Waals surface area (Å²) in [5.41, 5.74) is 5.90. The maximum atomic E-state index is 11.9. The third-order valence-electron chi connectivity index (χ3n) is 2.82. The zero-order valence-electron chi connectivity index (χ0n) is 10.2. The number of nitrogens with two attached hydrogens (primary N) is 1. The number of hydrogen-bond donors (Lipinski definition) is 5. The molecular formula is C12H18N2O4.